The maximum atomic E-state index is 13.9. The first kappa shape index (κ1) is 43.4. The molecule has 55 heavy (non-hydrogen) atoms. The monoisotopic (exact) mass is 812 g/mol. The lowest BCUT2D eigenvalue weighted by Crippen LogP contribution is -2.42. The van der Waals surface area contributed by atoms with E-state index < -0.39 is 47.2 Å². The van der Waals surface area contributed by atoms with Crippen LogP contribution in [0, 0.1) is 6.92 Å². The normalized spacial score (nSPS) is 14.7. The molecule has 0 radical (unpaired) electrons. The summed E-state index contributed by atoms with van der Waals surface area (Å²) in [6.45, 7) is 5.49. The van der Waals surface area contributed by atoms with Crippen LogP contribution in [-0.4, -0.2) is 103 Å². The Morgan fingerprint density at radius 1 is 0.891 bits per heavy atom. The summed E-state index contributed by atoms with van der Waals surface area (Å²) in [5.41, 5.74) is 1.33. The molecular formula is C41H46Cl2N2O9S. The second kappa shape index (κ2) is 19.5. The molecule has 294 valence electrons. The molecule has 1 amide bonds. The summed E-state index contributed by atoms with van der Waals surface area (Å²) in [6.07, 6.45) is 2.46. The van der Waals surface area contributed by atoms with Gasteiger partial charge in [-0.2, -0.15) is 0 Å². The molecule has 1 aliphatic heterocycles. The van der Waals surface area contributed by atoms with Crippen LogP contribution in [-0.2, 0) is 25.2 Å². The lowest BCUT2D eigenvalue weighted by atomic mass is 9.88. The Morgan fingerprint density at radius 2 is 1.51 bits per heavy atom. The van der Waals surface area contributed by atoms with Crippen molar-refractivity contribution in [3.63, 3.8) is 0 Å². The molecule has 0 bridgehead atoms. The van der Waals surface area contributed by atoms with Crippen LogP contribution in [0.4, 0.5) is 0 Å². The first-order valence-corrected chi connectivity index (χ1v) is 20.0. The van der Waals surface area contributed by atoms with Crippen molar-refractivity contribution in [2.75, 3.05) is 39.5 Å². The number of halogens is 2. The van der Waals surface area contributed by atoms with Gasteiger partial charge in [0.05, 0.1) is 39.2 Å². The van der Waals surface area contributed by atoms with Crippen molar-refractivity contribution in [1.29, 1.82) is 0 Å². The number of hydrogen-bond acceptors (Lipinski definition) is 7. The van der Waals surface area contributed by atoms with E-state index >= 15 is 0 Å². The second-order valence-electron chi connectivity index (χ2n) is 13.9. The maximum absolute atomic E-state index is 13.9. The van der Waals surface area contributed by atoms with Gasteiger partial charge in [-0.1, -0.05) is 83.9 Å². The van der Waals surface area contributed by atoms with Gasteiger partial charge >= 0.3 is 17.9 Å². The van der Waals surface area contributed by atoms with Crippen LogP contribution in [0.1, 0.15) is 71.0 Å². The zero-order valence-electron chi connectivity index (χ0n) is 30.9. The van der Waals surface area contributed by atoms with E-state index in [1.54, 1.807) is 6.26 Å². The van der Waals surface area contributed by atoms with Crippen molar-refractivity contribution in [2.24, 2.45) is 0 Å². The van der Waals surface area contributed by atoms with Gasteiger partial charge in [0.2, 0.25) is 0 Å². The molecular weight excluding hydrogens is 767 g/mol. The van der Waals surface area contributed by atoms with Crippen LogP contribution < -0.4 is 0 Å². The van der Waals surface area contributed by atoms with E-state index in [0.717, 1.165) is 71.3 Å². The number of rotatable bonds is 14. The van der Waals surface area contributed by atoms with Crippen molar-refractivity contribution in [1.82, 2.24) is 9.80 Å². The van der Waals surface area contributed by atoms with E-state index in [2.05, 4.69) is 23.1 Å². The predicted octanol–water partition coefficient (Wildman–Crippen LogP) is 7.07. The van der Waals surface area contributed by atoms with E-state index in [-0.39, 0.29) is 11.8 Å². The molecule has 0 spiro atoms. The average molecular weight is 814 g/mol. The number of aliphatic hydroxyl groups is 1. The molecule has 0 aromatic heterocycles. The smallest absolute Gasteiger partial charge is 0.336 e. The Bertz CT molecular complexity index is 2040. The fourth-order valence-corrected chi connectivity index (χ4v) is 8.14. The fourth-order valence-electron chi connectivity index (χ4n) is 7.00. The molecule has 0 aliphatic carbocycles. The van der Waals surface area contributed by atoms with Gasteiger partial charge < -0.3 is 30.2 Å². The summed E-state index contributed by atoms with van der Waals surface area (Å²) in [4.78, 5) is 49.7. The van der Waals surface area contributed by atoms with E-state index in [1.807, 2.05) is 79.5 Å². The molecule has 0 saturated carbocycles. The number of nitrogens with zero attached hydrogens (tertiary/aromatic N) is 2. The molecule has 11 nitrogen and oxygen atoms in total. The van der Waals surface area contributed by atoms with Crippen LogP contribution in [0.15, 0.2) is 83.8 Å². The molecule has 2 atom stereocenters. The Balaban J connectivity index is 0.000000444. The average Bonchev–Trinajstić information content (AvgIpc) is 3.14. The zero-order valence-corrected chi connectivity index (χ0v) is 33.2. The molecule has 5 rings (SSSR count). The third-order valence-corrected chi connectivity index (χ3v) is 11.7. The summed E-state index contributed by atoms with van der Waals surface area (Å²) in [6, 6.07) is 26.2. The number of likely N-dealkylation sites (tertiary alicyclic amines) is 1. The summed E-state index contributed by atoms with van der Waals surface area (Å²) in [5.74, 6) is -4.46. The van der Waals surface area contributed by atoms with Crippen LogP contribution in [0.5, 0.6) is 0 Å². The Kier molecular flexibility index (Phi) is 15.4. The van der Waals surface area contributed by atoms with Crippen molar-refractivity contribution < 1.29 is 43.8 Å². The fraction of sp³-hybridized carbons (Fsp3) is 0.366. The molecule has 1 unspecified atom stereocenters. The predicted molar refractivity (Wildman–Crippen MR) is 214 cm³/mol. The van der Waals surface area contributed by atoms with Crippen LogP contribution in [0.3, 0.4) is 0 Å². The lowest BCUT2D eigenvalue weighted by molar-refractivity contribution is -0.170. The first-order chi connectivity index (χ1) is 26.0. The molecule has 1 saturated heterocycles. The summed E-state index contributed by atoms with van der Waals surface area (Å²) in [7, 11) is 0.913. The number of carboxylic acid groups (broad SMARTS) is 3. The quantitative estimate of drug-likeness (QED) is 0.103. The molecule has 14 heteroatoms. The van der Waals surface area contributed by atoms with Gasteiger partial charge in [0.15, 0.2) is 5.60 Å². The van der Waals surface area contributed by atoms with Crippen LogP contribution in [0.25, 0.3) is 10.8 Å². The number of benzene rings is 4. The highest BCUT2D eigenvalue weighted by molar-refractivity contribution is 7.84. The van der Waals surface area contributed by atoms with Gasteiger partial charge in [-0.25, -0.2) is 4.79 Å². The lowest BCUT2D eigenvalue weighted by Gasteiger charge is -2.34. The van der Waals surface area contributed by atoms with Gasteiger partial charge in [0.25, 0.3) is 5.91 Å². The number of aliphatic carboxylic acids is 3. The standard InChI is InChI=1S/C35H38Cl2N2O2S.C6H8O7/c1-24-12-13-25-8-4-5-10-30(25)34(24)35(40)38(2)23-28(27-14-15-31(36)32(37)22-27)18-21-39-19-16-26(17-20-39)29-9-6-7-11-33(29)42(3)41;7-3(8)1-6(13,5(11)12)2-4(9)10/h4-15,22,26,28H,16-21,23H2,1-3H3;13H,1-2H2,(H,7,8)(H,9,10)(H,11,12)/t28-,42?;/m1./s1. The van der Waals surface area contributed by atoms with E-state index in [9.17, 15) is 23.4 Å². The number of fused-ring (bicyclic) bond motifs is 1. The largest absolute Gasteiger partial charge is 0.481 e. The maximum Gasteiger partial charge on any atom is 0.336 e. The molecule has 1 heterocycles. The van der Waals surface area contributed by atoms with Crippen molar-refractivity contribution in [2.45, 2.75) is 61.4 Å². The van der Waals surface area contributed by atoms with E-state index in [4.69, 9.17) is 43.6 Å². The SMILES string of the molecule is Cc1ccc2ccccc2c1C(=O)N(C)C[C@@H](CCN1CCC(c2ccccc2S(C)=O)CC1)c1ccc(Cl)c(Cl)c1.O=C(O)CC(O)(CC(=O)O)C(=O)O. The number of amides is 1. The highest BCUT2D eigenvalue weighted by atomic mass is 35.5. The minimum atomic E-state index is -2.74. The molecule has 4 aromatic rings. The van der Waals surface area contributed by atoms with Gasteiger partial charge in [0.1, 0.15) is 0 Å². The van der Waals surface area contributed by atoms with Crippen LogP contribution in [0.2, 0.25) is 10.0 Å². The van der Waals surface area contributed by atoms with Crippen molar-refractivity contribution >= 4 is 68.6 Å². The first-order valence-electron chi connectivity index (χ1n) is 17.7. The molecule has 1 aliphatic rings. The third-order valence-electron chi connectivity index (χ3n) is 9.94. The number of hydrogen-bond donors (Lipinski definition) is 4. The highest BCUT2D eigenvalue weighted by Gasteiger charge is 2.40. The minimum absolute atomic E-state index is 0.0298. The molecule has 4 aromatic carbocycles. The van der Waals surface area contributed by atoms with Gasteiger partial charge in [-0.05, 0) is 97.4 Å². The van der Waals surface area contributed by atoms with Gasteiger partial charge in [-0.15, -0.1) is 0 Å². The Morgan fingerprint density at radius 3 is 2.11 bits per heavy atom. The summed E-state index contributed by atoms with van der Waals surface area (Å²) < 4.78 is 12.3. The minimum Gasteiger partial charge on any atom is -0.481 e. The molecule has 1 fully saturated rings. The Labute approximate surface area is 332 Å². The number of carboxylic acids is 3. The summed E-state index contributed by atoms with van der Waals surface area (Å²) >= 11 is 12.7. The van der Waals surface area contributed by atoms with Crippen molar-refractivity contribution in [3.8, 4) is 0 Å². The Hall–Kier alpha value is -4.33. The zero-order chi connectivity index (χ0) is 40.4. The number of carbonyl (C=O) groups excluding carboxylic acids is 1. The molecule has 4 N–H and O–H groups in total. The number of carbonyl (C=O) groups is 4. The number of aryl methyl sites for hydroxylation is 1. The summed E-state index contributed by atoms with van der Waals surface area (Å²) in [5, 5.41) is 36.9. The number of piperidine rings is 1. The van der Waals surface area contributed by atoms with Crippen LogP contribution >= 0.6 is 23.2 Å². The van der Waals surface area contributed by atoms with E-state index in [1.165, 1.54) is 5.56 Å². The van der Waals surface area contributed by atoms with Gasteiger partial charge in [-0.3, -0.25) is 18.6 Å². The van der Waals surface area contributed by atoms with Crippen molar-refractivity contribution in [3.05, 3.63) is 111 Å². The second-order valence-corrected chi connectivity index (χ2v) is 16.1. The highest BCUT2D eigenvalue weighted by Crippen LogP contribution is 2.34. The van der Waals surface area contributed by atoms with E-state index in [0.29, 0.717) is 22.5 Å². The van der Waals surface area contributed by atoms with Gasteiger partial charge in [0, 0.05) is 30.7 Å². The third kappa shape index (κ3) is 11.6. The number of likely N-dealkylation sites (N-methyl/N-ethyl adjacent to an activating group) is 1. The topological polar surface area (TPSA) is 173 Å².